The number of rotatable bonds is 5. The van der Waals surface area contributed by atoms with Crippen molar-refractivity contribution in [2.45, 2.75) is 6.92 Å². The standard InChI is InChI=1S/C7H12O2S/c1-3-7(8)9-5-6-10-4-2/h3H,1,4-6H2,2H3. The minimum atomic E-state index is -0.336. The van der Waals surface area contributed by atoms with Gasteiger partial charge in [0.15, 0.2) is 0 Å². The molecule has 0 unspecified atom stereocenters. The molecule has 0 rings (SSSR count). The number of esters is 1. The number of hydrogen-bond acceptors (Lipinski definition) is 3. The fourth-order valence-electron chi connectivity index (χ4n) is 0.404. The molecular formula is C7H12O2S. The van der Waals surface area contributed by atoms with Crippen LogP contribution in [-0.2, 0) is 9.53 Å². The van der Waals surface area contributed by atoms with Gasteiger partial charge in [-0.25, -0.2) is 4.79 Å². The van der Waals surface area contributed by atoms with Gasteiger partial charge in [-0.3, -0.25) is 0 Å². The second-order valence-corrected chi connectivity index (χ2v) is 2.96. The zero-order valence-electron chi connectivity index (χ0n) is 6.13. The van der Waals surface area contributed by atoms with Crippen molar-refractivity contribution in [3.05, 3.63) is 12.7 Å². The average molecular weight is 160 g/mol. The van der Waals surface area contributed by atoms with Crippen molar-refractivity contribution in [2.75, 3.05) is 18.1 Å². The molecule has 0 aromatic heterocycles. The molecule has 3 heteroatoms. The number of ether oxygens (including phenoxy) is 1. The highest BCUT2D eigenvalue weighted by Crippen LogP contribution is 1.96. The fourth-order valence-corrected chi connectivity index (χ4v) is 0.894. The van der Waals surface area contributed by atoms with Crippen LogP contribution in [0, 0.1) is 0 Å². The van der Waals surface area contributed by atoms with Gasteiger partial charge in [0.2, 0.25) is 0 Å². The second-order valence-electron chi connectivity index (χ2n) is 1.57. The monoisotopic (exact) mass is 160 g/mol. The van der Waals surface area contributed by atoms with Crippen LogP contribution in [-0.4, -0.2) is 24.1 Å². The fraction of sp³-hybridized carbons (Fsp3) is 0.571. The molecule has 0 N–H and O–H groups in total. The molecule has 2 nitrogen and oxygen atoms in total. The molecule has 0 aliphatic heterocycles. The van der Waals surface area contributed by atoms with Crippen molar-refractivity contribution < 1.29 is 9.53 Å². The van der Waals surface area contributed by atoms with E-state index in [-0.39, 0.29) is 5.97 Å². The Bertz CT molecular complexity index is 112. The minimum Gasteiger partial charge on any atom is -0.462 e. The lowest BCUT2D eigenvalue weighted by molar-refractivity contribution is -0.137. The third-order valence-corrected chi connectivity index (χ3v) is 1.71. The molecule has 58 valence electrons. The Balaban J connectivity index is 3.03. The molecule has 0 amide bonds. The van der Waals surface area contributed by atoms with Crippen molar-refractivity contribution in [1.82, 2.24) is 0 Å². The Morgan fingerprint density at radius 2 is 2.50 bits per heavy atom. The highest BCUT2D eigenvalue weighted by Gasteiger charge is 1.92. The molecule has 0 bridgehead atoms. The van der Waals surface area contributed by atoms with Crippen LogP contribution in [0.25, 0.3) is 0 Å². The van der Waals surface area contributed by atoms with Crippen LogP contribution in [0.15, 0.2) is 12.7 Å². The first-order valence-electron chi connectivity index (χ1n) is 3.18. The quantitative estimate of drug-likeness (QED) is 0.346. The van der Waals surface area contributed by atoms with Gasteiger partial charge in [0.1, 0.15) is 6.61 Å². The molecule has 0 fully saturated rings. The summed E-state index contributed by atoms with van der Waals surface area (Å²) in [5.41, 5.74) is 0. The van der Waals surface area contributed by atoms with Crippen LogP contribution in [0.3, 0.4) is 0 Å². The smallest absolute Gasteiger partial charge is 0.330 e. The Hall–Kier alpha value is -0.440. The molecule has 0 aromatic rings. The van der Waals surface area contributed by atoms with Gasteiger partial charge in [-0.1, -0.05) is 13.5 Å². The summed E-state index contributed by atoms with van der Waals surface area (Å²) >= 11 is 1.75. The summed E-state index contributed by atoms with van der Waals surface area (Å²) in [6.45, 7) is 5.84. The van der Waals surface area contributed by atoms with Crippen molar-refractivity contribution in [2.24, 2.45) is 0 Å². The van der Waals surface area contributed by atoms with E-state index >= 15 is 0 Å². The molecular weight excluding hydrogens is 148 g/mol. The summed E-state index contributed by atoms with van der Waals surface area (Å²) in [4.78, 5) is 10.4. The first kappa shape index (κ1) is 9.56. The van der Waals surface area contributed by atoms with Crippen LogP contribution < -0.4 is 0 Å². The zero-order chi connectivity index (χ0) is 7.82. The van der Waals surface area contributed by atoms with Gasteiger partial charge in [0, 0.05) is 11.8 Å². The van der Waals surface area contributed by atoms with E-state index in [1.165, 1.54) is 6.08 Å². The predicted molar refractivity (Wildman–Crippen MR) is 44.2 cm³/mol. The maximum absolute atomic E-state index is 10.4. The number of carbonyl (C=O) groups excluding carboxylic acids is 1. The first-order valence-corrected chi connectivity index (χ1v) is 4.33. The second kappa shape index (κ2) is 6.68. The zero-order valence-corrected chi connectivity index (χ0v) is 6.95. The molecule has 0 aliphatic carbocycles. The Kier molecular flexibility index (Phi) is 6.38. The number of hydrogen-bond donors (Lipinski definition) is 0. The highest BCUT2D eigenvalue weighted by atomic mass is 32.2. The van der Waals surface area contributed by atoms with Crippen LogP contribution in [0.1, 0.15) is 6.92 Å². The van der Waals surface area contributed by atoms with Crippen molar-refractivity contribution >= 4 is 17.7 Å². The molecule has 0 heterocycles. The van der Waals surface area contributed by atoms with Gasteiger partial charge >= 0.3 is 5.97 Å². The largest absolute Gasteiger partial charge is 0.462 e. The molecule has 0 saturated heterocycles. The summed E-state index contributed by atoms with van der Waals surface area (Å²) in [6, 6.07) is 0. The van der Waals surface area contributed by atoms with Crippen molar-refractivity contribution in [3.8, 4) is 0 Å². The lowest BCUT2D eigenvalue weighted by Crippen LogP contribution is -2.03. The minimum absolute atomic E-state index is 0.336. The van der Waals surface area contributed by atoms with Gasteiger partial charge < -0.3 is 4.74 Å². The molecule has 0 spiro atoms. The highest BCUT2D eigenvalue weighted by molar-refractivity contribution is 7.99. The van der Waals surface area contributed by atoms with E-state index in [1.807, 2.05) is 0 Å². The topological polar surface area (TPSA) is 26.3 Å². The predicted octanol–water partition coefficient (Wildman–Crippen LogP) is 1.47. The average Bonchev–Trinajstić information content (AvgIpc) is 1.98. The van der Waals surface area contributed by atoms with E-state index in [9.17, 15) is 4.79 Å². The SMILES string of the molecule is C=CC(=O)OCCSCC. The Labute approximate surface area is 65.6 Å². The first-order chi connectivity index (χ1) is 4.81. The maximum atomic E-state index is 10.4. The van der Waals surface area contributed by atoms with Crippen LogP contribution in [0.4, 0.5) is 0 Å². The summed E-state index contributed by atoms with van der Waals surface area (Å²) in [6.07, 6.45) is 1.18. The van der Waals surface area contributed by atoms with E-state index in [1.54, 1.807) is 11.8 Å². The van der Waals surface area contributed by atoms with E-state index in [4.69, 9.17) is 4.74 Å². The molecule has 0 saturated carbocycles. The lowest BCUT2D eigenvalue weighted by atomic mass is 10.6. The van der Waals surface area contributed by atoms with Gasteiger partial charge in [-0.2, -0.15) is 11.8 Å². The van der Waals surface area contributed by atoms with E-state index < -0.39 is 0 Å². The number of carbonyl (C=O) groups is 1. The Morgan fingerprint density at radius 3 is 3.00 bits per heavy atom. The van der Waals surface area contributed by atoms with Gasteiger partial charge in [0.05, 0.1) is 0 Å². The van der Waals surface area contributed by atoms with Crippen molar-refractivity contribution in [3.63, 3.8) is 0 Å². The molecule has 0 aromatic carbocycles. The summed E-state index contributed by atoms with van der Waals surface area (Å²) < 4.78 is 4.72. The van der Waals surface area contributed by atoms with E-state index in [0.29, 0.717) is 6.61 Å². The third kappa shape index (κ3) is 5.69. The van der Waals surface area contributed by atoms with Crippen molar-refractivity contribution in [1.29, 1.82) is 0 Å². The van der Waals surface area contributed by atoms with Gasteiger partial charge in [-0.05, 0) is 5.75 Å². The van der Waals surface area contributed by atoms with Crippen LogP contribution >= 0.6 is 11.8 Å². The van der Waals surface area contributed by atoms with Crippen LogP contribution in [0.5, 0.6) is 0 Å². The Morgan fingerprint density at radius 1 is 1.80 bits per heavy atom. The normalized spacial score (nSPS) is 8.90. The molecule has 0 aliphatic rings. The maximum Gasteiger partial charge on any atom is 0.330 e. The molecule has 10 heavy (non-hydrogen) atoms. The van der Waals surface area contributed by atoms with Gasteiger partial charge in [0.25, 0.3) is 0 Å². The van der Waals surface area contributed by atoms with E-state index in [0.717, 1.165) is 11.5 Å². The van der Waals surface area contributed by atoms with E-state index in [2.05, 4.69) is 13.5 Å². The number of thioether (sulfide) groups is 1. The molecule has 0 radical (unpaired) electrons. The lowest BCUT2D eigenvalue weighted by Gasteiger charge is -1.98. The summed E-state index contributed by atoms with van der Waals surface area (Å²) in [7, 11) is 0. The van der Waals surface area contributed by atoms with Crippen LogP contribution in [0.2, 0.25) is 0 Å². The van der Waals surface area contributed by atoms with Gasteiger partial charge in [-0.15, -0.1) is 0 Å². The summed E-state index contributed by atoms with van der Waals surface area (Å²) in [5.74, 6) is 1.60. The summed E-state index contributed by atoms with van der Waals surface area (Å²) in [5, 5.41) is 0. The third-order valence-electron chi connectivity index (χ3n) is 0.843. The molecule has 0 atom stereocenters.